The molecule has 1 N–H and O–H groups in total. The Morgan fingerprint density at radius 1 is 1.40 bits per heavy atom. The van der Waals surface area contributed by atoms with Gasteiger partial charge in [0.25, 0.3) is 0 Å². The van der Waals surface area contributed by atoms with Crippen molar-refractivity contribution in [2.75, 3.05) is 6.54 Å². The van der Waals surface area contributed by atoms with Crippen LogP contribution < -0.4 is 5.32 Å². The van der Waals surface area contributed by atoms with Crippen LogP contribution >= 0.6 is 27.5 Å². The van der Waals surface area contributed by atoms with Gasteiger partial charge in [-0.05, 0) is 31.2 Å². The molecule has 20 heavy (non-hydrogen) atoms. The number of hydrogen-bond acceptors (Lipinski definition) is 3. The monoisotopic (exact) mass is 356 g/mol. The number of nitrogens with zero attached hydrogens (tertiary/aromatic N) is 3. The lowest BCUT2D eigenvalue weighted by atomic mass is 10.0. The average Bonchev–Trinajstić information content (AvgIpc) is 2.85. The van der Waals surface area contributed by atoms with Crippen LogP contribution in [0.4, 0.5) is 0 Å². The molecule has 1 heterocycles. The summed E-state index contributed by atoms with van der Waals surface area (Å²) in [5.41, 5.74) is 1.09. The van der Waals surface area contributed by atoms with Crippen molar-refractivity contribution in [3.63, 3.8) is 0 Å². The molecule has 0 fully saturated rings. The second-order valence-corrected chi connectivity index (χ2v) is 5.80. The molecule has 1 unspecified atom stereocenters. The number of likely N-dealkylation sites (N-methyl/N-ethyl adjacent to an activating group) is 1. The van der Waals surface area contributed by atoms with E-state index in [2.05, 4.69) is 45.2 Å². The van der Waals surface area contributed by atoms with Crippen molar-refractivity contribution in [2.24, 2.45) is 0 Å². The fourth-order valence-corrected chi connectivity index (χ4v) is 3.02. The van der Waals surface area contributed by atoms with Gasteiger partial charge >= 0.3 is 0 Å². The van der Waals surface area contributed by atoms with E-state index in [4.69, 9.17) is 11.6 Å². The van der Waals surface area contributed by atoms with Crippen LogP contribution in [-0.2, 0) is 13.0 Å². The van der Waals surface area contributed by atoms with Crippen LogP contribution in [0.2, 0.25) is 5.02 Å². The maximum atomic E-state index is 6.36. The van der Waals surface area contributed by atoms with Gasteiger partial charge in [0.05, 0.1) is 0 Å². The third kappa shape index (κ3) is 3.59. The van der Waals surface area contributed by atoms with E-state index in [9.17, 15) is 0 Å². The highest BCUT2D eigenvalue weighted by atomic mass is 79.9. The molecule has 0 saturated heterocycles. The summed E-state index contributed by atoms with van der Waals surface area (Å²) in [6, 6.07) is 6.11. The summed E-state index contributed by atoms with van der Waals surface area (Å²) in [7, 11) is 0. The van der Waals surface area contributed by atoms with Crippen molar-refractivity contribution in [2.45, 2.75) is 32.9 Å². The highest BCUT2D eigenvalue weighted by Crippen LogP contribution is 2.28. The Balaban J connectivity index is 2.27. The van der Waals surface area contributed by atoms with Crippen molar-refractivity contribution in [1.29, 1.82) is 0 Å². The smallest absolute Gasteiger partial charge is 0.138 e. The molecule has 0 bridgehead atoms. The third-order valence-electron chi connectivity index (χ3n) is 3.17. The van der Waals surface area contributed by atoms with Gasteiger partial charge in [0, 0.05) is 28.5 Å². The Morgan fingerprint density at radius 3 is 2.85 bits per heavy atom. The van der Waals surface area contributed by atoms with Crippen LogP contribution in [0.15, 0.2) is 29.0 Å². The van der Waals surface area contributed by atoms with Gasteiger partial charge in [-0.1, -0.05) is 40.5 Å². The molecule has 108 valence electrons. The van der Waals surface area contributed by atoms with Crippen LogP contribution in [0.25, 0.3) is 0 Å². The Hall–Kier alpha value is -0.910. The van der Waals surface area contributed by atoms with Gasteiger partial charge in [-0.2, -0.15) is 5.10 Å². The third-order valence-corrected chi connectivity index (χ3v) is 3.99. The lowest BCUT2D eigenvalue weighted by Crippen LogP contribution is -2.24. The molecule has 1 aromatic carbocycles. The summed E-state index contributed by atoms with van der Waals surface area (Å²) in [5, 5.41) is 8.44. The second-order valence-electron chi connectivity index (χ2n) is 4.47. The van der Waals surface area contributed by atoms with E-state index >= 15 is 0 Å². The molecule has 0 aliphatic heterocycles. The minimum absolute atomic E-state index is 0.134. The molecule has 1 atom stereocenters. The van der Waals surface area contributed by atoms with Gasteiger partial charge in [-0.15, -0.1) is 0 Å². The summed E-state index contributed by atoms with van der Waals surface area (Å²) in [6.07, 6.45) is 2.37. The van der Waals surface area contributed by atoms with Crippen LogP contribution in [0.5, 0.6) is 0 Å². The van der Waals surface area contributed by atoms with E-state index in [1.165, 1.54) is 0 Å². The van der Waals surface area contributed by atoms with E-state index in [0.717, 1.165) is 40.4 Å². The van der Waals surface area contributed by atoms with Crippen molar-refractivity contribution in [3.8, 4) is 0 Å². The summed E-state index contributed by atoms with van der Waals surface area (Å²) in [4.78, 5) is 4.34. The molecule has 0 aliphatic carbocycles. The maximum absolute atomic E-state index is 6.36. The van der Waals surface area contributed by atoms with Gasteiger partial charge < -0.3 is 5.32 Å². The predicted octanol–water partition coefficient (Wildman–Crippen LogP) is 3.61. The SMILES string of the molecule is CCNC(Cc1ncnn1CC)c1ccc(Br)cc1Cl. The zero-order valence-corrected chi connectivity index (χ0v) is 13.9. The fraction of sp³-hybridized carbons (Fsp3) is 0.429. The second kappa shape index (κ2) is 7.20. The van der Waals surface area contributed by atoms with E-state index in [0.29, 0.717) is 0 Å². The quantitative estimate of drug-likeness (QED) is 0.859. The number of benzene rings is 1. The Labute approximate surface area is 132 Å². The molecule has 4 nitrogen and oxygen atoms in total. The van der Waals surface area contributed by atoms with Crippen LogP contribution in [0, 0.1) is 0 Å². The van der Waals surface area contributed by atoms with Gasteiger partial charge in [0.2, 0.25) is 0 Å². The van der Waals surface area contributed by atoms with Crippen molar-refractivity contribution >= 4 is 27.5 Å². The molecule has 6 heteroatoms. The first-order valence-corrected chi connectivity index (χ1v) is 7.87. The Kier molecular flexibility index (Phi) is 5.57. The average molecular weight is 358 g/mol. The minimum Gasteiger partial charge on any atom is -0.310 e. The first kappa shape index (κ1) is 15.5. The predicted molar refractivity (Wildman–Crippen MR) is 85.0 cm³/mol. The van der Waals surface area contributed by atoms with Crippen molar-refractivity contribution < 1.29 is 0 Å². The molecule has 0 aliphatic rings. The number of hydrogen-bond donors (Lipinski definition) is 1. The molecule has 0 spiro atoms. The van der Waals surface area contributed by atoms with Gasteiger partial charge in [0.1, 0.15) is 12.2 Å². The highest BCUT2D eigenvalue weighted by Gasteiger charge is 2.17. The topological polar surface area (TPSA) is 42.7 Å². The lowest BCUT2D eigenvalue weighted by Gasteiger charge is -2.19. The van der Waals surface area contributed by atoms with Gasteiger partial charge in [-0.3, -0.25) is 4.68 Å². The lowest BCUT2D eigenvalue weighted by molar-refractivity contribution is 0.509. The molecule has 0 saturated carbocycles. The molecule has 1 aromatic heterocycles. The number of halogens is 2. The van der Waals surface area contributed by atoms with Crippen LogP contribution in [0.3, 0.4) is 0 Å². The zero-order chi connectivity index (χ0) is 14.5. The van der Waals surface area contributed by atoms with Gasteiger partial charge in [-0.25, -0.2) is 4.98 Å². The summed E-state index contributed by atoms with van der Waals surface area (Å²) in [6.45, 7) is 5.84. The van der Waals surface area contributed by atoms with E-state index < -0.39 is 0 Å². The van der Waals surface area contributed by atoms with Crippen LogP contribution in [0.1, 0.15) is 31.3 Å². The standard InChI is InChI=1S/C14H18BrClN4/c1-3-17-13(8-14-18-9-19-20(14)4-2)11-6-5-10(15)7-12(11)16/h5-7,9,13,17H,3-4,8H2,1-2H3. The first-order valence-electron chi connectivity index (χ1n) is 6.70. The van der Waals surface area contributed by atoms with E-state index in [-0.39, 0.29) is 6.04 Å². The largest absolute Gasteiger partial charge is 0.310 e. The number of aromatic nitrogens is 3. The number of aryl methyl sites for hydroxylation is 1. The molecule has 2 aromatic rings. The van der Waals surface area contributed by atoms with Gasteiger partial charge in [0.15, 0.2) is 0 Å². The molecule has 0 radical (unpaired) electrons. The minimum atomic E-state index is 0.134. The molecule has 0 amide bonds. The zero-order valence-electron chi connectivity index (χ0n) is 11.6. The van der Waals surface area contributed by atoms with Crippen molar-refractivity contribution in [3.05, 3.63) is 45.4 Å². The summed E-state index contributed by atoms with van der Waals surface area (Å²) >= 11 is 9.80. The molecular weight excluding hydrogens is 340 g/mol. The summed E-state index contributed by atoms with van der Waals surface area (Å²) in [5.74, 6) is 0.970. The van der Waals surface area contributed by atoms with E-state index in [1.54, 1.807) is 6.33 Å². The molecule has 2 rings (SSSR count). The fourth-order valence-electron chi connectivity index (χ4n) is 2.22. The Morgan fingerprint density at radius 2 is 2.20 bits per heavy atom. The highest BCUT2D eigenvalue weighted by molar-refractivity contribution is 9.10. The normalized spacial score (nSPS) is 12.6. The number of nitrogens with one attached hydrogen (secondary N) is 1. The van der Waals surface area contributed by atoms with Crippen LogP contribution in [-0.4, -0.2) is 21.3 Å². The summed E-state index contributed by atoms with van der Waals surface area (Å²) < 4.78 is 2.90. The maximum Gasteiger partial charge on any atom is 0.138 e. The van der Waals surface area contributed by atoms with Crippen molar-refractivity contribution in [1.82, 2.24) is 20.1 Å². The molecular formula is C14H18BrClN4. The van der Waals surface area contributed by atoms with E-state index in [1.807, 2.05) is 22.9 Å². The Bertz CT molecular complexity index is 570. The number of rotatable bonds is 6. The first-order chi connectivity index (χ1) is 9.65.